The van der Waals surface area contributed by atoms with Gasteiger partial charge >= 0.3 is 0 Å². The van der Waals surface area contributed by atoms with Crippen LogP contribution in [0.25, 0.3) is 11.3 Å². The summed E-state index contributed by atoms with van der Waals surface area (Å²) in [4.78, 5) is 8.34. The first-order chi connectivity index (χ1) is 8.60. The molecule has 5 heteroatoms. The molecule has 94 valence electrons. The number of aromatic nitrogens is 2. The Kier molecular flexibility index (Phi) is 4.04. The highest BCUT2D eigenvalue weighted by Crippen LogP contribution is 2.31. The Morgan fingerprint density at radius 2 is 1.94 bits per heavy atom. The van der Waals surface area contributed by atoms with Gasteiger partial charge in [0.25, 0.3) is 0 Å². The fourth-order valence-corrected chi connectivity index (χ4v) is 2.12. The van der Waals surface area contributed by atoms with Crippen LogP contribution in [0.5, 0.6) is 5.75 Å². The first-order valence-corrected chi connectivity index (χ1v) is 6.29. The highest BCUT2D eigenvalue weighted by Gasteiger charge is 2.08. The number of hydrogen-bond donors (Lipinski definition) is 0. The van der Waals surface area contributed by atoms with Crippen LogP contribution in [0.2, 0.25) is 10.2 Å². The van der Waals surface area contributed by atoms with E-state index >= 15 is 0 Å². The number of hydrogen-bond acceptors (Lipinski definition) is 3. The number of benzene rings is 1. The van der Waals surface area contributed by atoms with Gasteiger partial charge in [-0.1, -0.05) is 23.2 Å². The van der Waals surface area contributed by atoms with Gasteiger partial charge < -0.3 is 4.74 Å². The van der Waals surface area contributed by atoms with Crippen molar-refractivity contribution in [1.29, 1.82) is 0 Å². The van der Waals surface area contributed by atoms with Crippen LogP contribution < -0.4 is 4.74 Å². The van der Waals surface area contributed by atoms with Gasteiger partial charge in [-0.15, -0.1) is 0 Å². The molecule has 1 aromatic carbocycles. The SMILES string of the molecule is CCOc1ccc(-c2cc(Cl)nc(C)n2)c(Cl)c1. The van der Waals surface area contributed by atoms with E-state index in [0.29, 0.717) is 28.3 Å². The molecule has 2 aromatic rings. The van der Waals surface area contributed by atoms with E-state index in [9.17, 15) is 0 Å². The first-order valence-electron chi connectivity index (χ1n) is 5.54. The van der Waals surface area contributed by atoms with Crippen molar-refractivity contribution in [3.05, 3.63) is 40.3 Å². The molecular weight excluding hydrogens is 271 g/mol. The molecule has 3 nitrogen and oxygen atoms in total. The lowest BCUT2D eigenvalue weighted by Gasteiger charge is -2.08. The molecule has 0 spiro atoms. The molecule has 0 atom stereocenters. The zero-order valence-electron chi connectivity index (χ0n) is 10.1. The van der Waals surface area contributed by atoms with E-state index in [1.54, 1.807) is 19.1 Å². The fourth-order valence-electron chi connectivity index (χ4n) is 1.63. The minimum atomic E-state index is 0.405. The van der Waals surface area contributed by atoms with Gasteiger partial charge in [0.1, 0.15) is 16.7 Å². The largest absolute Gasteiger partial charge is 0.494 e. The van der Waals surface area contributed by atoms with E-state index in [4.69, 9.17) is 27.9 Å². The smallest absolute Gasteiger partial charge is 0.133 e. The number of aryl methyl sites for hydroxylation is 1. The lowest BCUT2D eigenvalue weighted by atomic mass is 10.1. The van der Waals surface area contributed by atoms with Crippen molar-refractivity contribution in [2.24, 2.45) is 0 Å². The number of ether oxygens (including phenoxy) is 1. The lowest BCUT2D eigenvalue weighted by molar-refractivity contribution is 0.340. The second-order valence-corrected chi connectivity index (χ2v) is 4.49. The zero-order valence-corrected chi connectivity index (χ0v) is 11.6. The Hall–Kier alpha value is -1.32. The van der Waals surface area contributed by atoms with Crippen LogP contribution in [0.3, 0.4) is 0 Å². The summed E-state index contributed by atoms with van der Waals surface area (Å²) < 4.78 is 5.38. The highest BCUT2D eigenvalue weighted by atomic mass is 35.5. The molecule has 0 bridgehead atoms. The molecule has 2 rings (SSSR count). The molecule has 0 amide bonds. The minimum Gasteiger partial charge on any atom is -0.494 e. The van der Waals surface area contributed by atoms with Gasteiger partial charge in [0, 0.05) is 11.6 Å². The Morgan fingerprint density at radius 3 is 2.56 bits per heavy atom. The average Bonchev–Trinajstić information content (AvgIpc) is 2.28. The Balaban J connectivity index is 2.44. The van der Waals surface area contributed by atoms with Crippen molar-refractivity contribution in [3.8, 4) is 17.0 Å². The predicted molar refractivity (Wildman–Crippen MR) is 73.4 cm³/mol. The molecule has 0 saturated heterocycles. The molecule has 0 N–H and O–H groups in total. The van der Waals surface area contributed by atoms with Crippen LogP contribution in [0.15, 0.2) is 24.3 Å². The molecule has 0 aliphatic heterocycles. The van der Waals surface area contributed by atoms with Gasteiger partial charge in [-0.2, -0.15) is 0 Å². The van der Waals surface area contributed by atoms with Crippen LogP contribution in [0, 0.1) is 6.92 Å². The van der Waals surface area contributed by atoms with Gasteiger partial charge in [-0.05, 0) is 32.0 Å². The summed E-state index contributed by atoms with van der Waals surface area (Å²) in [6.07, 6.45) is 0. The third-order valence-electron chi connectivity index (χ3n) is 2.33. The molecule has 0 fully saturated rings. The normalized spacial score (nSPS) is 10.4. The topological polar surface area (TPSA) is 35.0 Å². The summed E-state index contributed by atoms with van der Waals surface area (Å²) in [7, 11) is 0. The molecule has 1 heterocycles. The van der Waals surface area contributed by atoms with Gasteiger partial charge in [0.15, 0.2) is 0 Å². The highest BCUT2D eigenvalue weighted by molar-refractivity contribution is 6.33. The second-order valence-electron chi connectivity index (χ2n) is 3.70. The first kappa shape index (κ1) is 13.1. The number of halogens is 2. The van der Waals surface area contributed by atoms with Crippen molar-refractivity contribution < 1.29 is 4.74 Å². The third kappa shape index (κ3) is 2.92. The minimum absolute atomic E-state index is 0.405. The van der Waals surface area contributed by atoms with E-state index in [1.807, 2.05) is 19.1 Å². The maximum absolute atomic E-state index is 6.22. The molecule has 0 aliphatic rings. The molecule has 0 unspecified atom stereocenters. The third-order valence-corrected chi connectivity index (χ3v) is 2.84. The maximum atomic E-state index is 6.22. The summed E-state index contributed by atoms with van der Waals surface area (Å²) in [6, 6.07) is 7.18. The number of nitrogens with zero attached hydrogens (tertiary/aromatic N) is 2. The monoisotopic (exact) mass is 282 g/mol. The molecule has 0 aliphatic carbocycles. The van der Waals surface area contributed by atoms with E-state index in [2.05, 4.69) is 9.97 Å². The van der Waals surface area contributed by atoms with Crippen molar-refractivity contribution >= 4 is 23.2 Å². The Labute approximate surface area is 116 Å². The quantitative estimate of drug-likeness (QED) is 0.793. The Bertz CT molecular complexity index is 553. The van der Waals surface area contributed by atoms with Crippen LogP contribution >= 0.6 is 23.2 Å². The van der Waals surface area contributed by atoms with Crippen LogP contribution in [-0.2, 0) is 0 Å². The van der Waals surface area contributed by atoms with Crippen molar-refractivity contribution in [3.63, 3.8) is 0 Å². The predicted octanol–water partition coefficient (Wildman–Crippen LogP) is 4.16. The summed E-state index contributed by atoms with van der Waals surface area (Å²) in [6.45, 7) is 4.32. The summed E-state index contributed by atoms with van der Waals surface area (Å²) in [5.74, 6) is 1.35. The van der Waals surface area contributed by atoms with Gasteiger partial charge in [0.2, 0.25) is 0 Å². The van der Waals surface area contributed by atoms with E-state index in [-0.39, 0.29) is 0 Å². The molecule has 0 saturated carbocycles. The summed E-state index contributed by atoms with van der Waals surface area (Å²) >= 11 is 12.1. The average molecular weight is 283 g/mol. The van der Waals surface area contributed by atoms with Crippen molar-refractivity contribution in [2.45, 2.75) is 13.8 Å². The van der Waals surface area contributed by atoms with Crippen LogP contribution in [0.1, 0.15) is 12.7 Å². The van der Waals surface area contributed by atoms with E-state index in [0.717, 1.165) is 11.3 Å². The van der Waals surface area contributed by atoms with Gasteiger partial charge in [-0.25, -0.2) is 9.97 Å². The van der Waals surface area contributed by atoms with E-state index in [1.165, 1.54) is 0 Å². The molecule has 1 aromatic heterocycles. The van der Waals surface area contributed by atoms with Crippen molar-refractivity contribution in [1.82, 2.24) is 9.97 Å². The summed E-state index contributed by atoms with van der Waals surface area (Å²) in [5.41, 5.74) is 1.52. The molecule has 18 heavy (non-hydrogen) atoms. The summed E-state index contributed by atoms with van der Waals surface area (Å²) in [5, 5.41) is 0.984. The molecular formula is C13H12Cl2N2O. The second kappa shape index (κ2) is 5.55. The lowest BCUT2D eigenvalue weighted by Crippen LogP contribution is -1.94. The van der Waals surface area contributed by atoms with Crippen LogP contribution in [0.4, 0.5) is 0 Å². The fraction of sp³-hybridized carbons (Fsp3) is 0.231. The molecule has 0 radical (unpaired) electrons. The Morgan fingerprint density at radius 1 is 1.17 bits per heavy atom. The standard InChI is InChI=1S/C13H12Cl2N2O/c1-3-18-9-4-5-10(11(14)6-9)12-7-13(15)17-8(2)16-12/h4-7H,3H2,1-2H3. The van der Waals surface area contributed by atoms with Crippen molar-refractivity contribution in [2.75, 3.05) is 6.61 Å². The maximum Gasteiger partial charge on any atom is 0.133 e. The van der Waals surface area contributed by atoms with E-state index < -0.39 is 0 Å². The zero-order chi connectivity index (χ0) is 13.1. The van der Waals surface area contributed by atoms with Crippen LogP contribution in [-0.4, -0.2) is 16.6 Å². The number of rotatable bonds is 3. The van der Waals surface area contributed by atoms with Gasteiger partial charge in [-0.3, -0.25) is 0 Å². The van der Waals surface area contributed by atoms with Gasteiger partial charge in [0.05, 0.1) is 17.3 Å².